The van der Waals surface area contributed by atoms with Crippen molar-refractivity contribution in [2.45, 2.75) is 102 Å². The zero-order valence-electron chi connectivity index (χ0n) is 19.0. The minimum Gasteiger partial charge on any atom is -0.353 e. The Morgan fingerprint density at radius 2 is 1.83 bits per heavy atom. The number of rotatable bonds is 7. The molecule has 0 radical (unpaired) electrons. The lowest BCUT2D eigenvalue weighted by molar-refractivity contribution is -0.122. The van der Waals surface area contributed by atoms with Crippen LogP contribution in [0.2, 0.25) is 0 Å². The highest BCUT2D eigenvalue weighted by atomic mass is 16.1. The van der Waals surface area contributed by atoms with Gasteiger partial charge in [-0.3, -0.25) is 4.79 Å². The summed E-state index contributed by atoms with van der Waals surface area (Å²) in [5, 5.41) is 3.34. The van der Waals surface area contributed by atoms with E-state index in [9.17, 15) is 4.79 Å². The number of hydrogen-bond acceptors (Lipinski definition) is 2. The largest absolute Gasteiger partial charge is 0.353 e. The summed E-state index contributed by atoms with van der Waals surface area (Å²) < 4.78 is 0. The molecular weight excluding hydrogens is 368 g/mol. The van der Waals surface area contributed by atoms with Crippen molar-refractivity contribution < 1.29 is 4.79 Å². The van der Waals surface area contributed by atoms with Gasteiger partial charge in [0.05, 0.1) is 0 Å². The van der Waals surface area contributed by atoms with Crippen molar-refractivity contribution in [3.05, 3.63) is 35.9 Å². The Morgan fingerprint density at radius 3 is 2.53 bits per heavy atom. The first-order chi connectivity index (χ1) is 14.6. The Labute approximate surface area is 183 Å². The molecule has 0 saturated heterocycles. The van der Waals surface area contributed by atoms with Crippen molar-refractivity contribution in [1.82, 2.24) is 5.32 Å². The van der Waals surface area contributed by atoms with E-state index in [4.69, 9.17) is 5.73 Å². The van der Waals surface area contributed by atoms with Crippen molar-refractivity contribution >= 4 is 5.91 Å². The van der Waals surface area contributed by atoms with Gasteiger partial charge in [-0.2, -0.15) is 0 Å². The fourth-order valence-electron chi connectivity index (χ4n) is 7.27. The molecule has 1 aromatic carbocycles. The van der Waals surface area contributed by atoms with Crippen LogP contribution in [0.15, 0.2) is 30.3 Å². The van der Waals surface area contributed by atoms with E-state index < -0.39 is 0 Å². The molecule has 3 aliphatic rings. The minimum atomic E-state index is 0.279. The second kappa shape index (κ2) is 9.42. The van der Waals surface area contributed by atoms with Crippen molar-refractivity contribution in [1.29, 1.82) is 0 Å². The Hall–Kier alpha value is -1.35. The highest BCUT2D eigenvalue weighted by Crippen LogP contribution is 2.60. The Bertz CT molecular complexity index is 696. The van der Waals surface area contributed by atoms with Crippen LogP contribution < -0.4 is 11.1 Å². The van der Waals surface area contributed by atoms with Gasteiger partial charge in [0.2, 0.25) is 5.91 Å². The molecule has 3 saturated carbocycles. The Balaban J connectivity index is 1.36. The molecule has 30 heavy (non-hydrogen) atoms. The minimum absolute atomic E-state index is 0.279. The first-order valence-corrected chi connectivity index (χ1v) is 12.6. The van der Waals surface area contributed by atoms with Crippen LogP contribution in [0.3, 0.4) is 0 Å². The number of amides is 1. The summed E-state index contributed by atoms with van der Waals surface area (Å²) in [6, 6.07) is 11.7. The van der Waals surface area contributed by atoms with Gasteiger partial charge in [0, 0.05) is 12.5 Å². The highest BCUT2D eigenvalue weighted by molar-refractivity contribution is 5.76. The van der Waals surface area contributed by atoms with Gasteiger partial charge in [-0.1, -0.05) is 50.1 Å². The number of benzene rings is 1. The first kappa shape index (κ1) is 21.9. The topological polar surface area (TPSA) is 55.1 Å². The van der Waals surface area contributed by atoms with Crippen LogP contribution in [-0.2, 0) is 10.2 Å². The smallest absolute Gasteiger partial charge is 0.220 e. The van der Waals surface area contributed by atoms with Crippen LogP contribution in [0.5, 0.6) is 0 Å². The molecule has 166 valence electrons. The summed E-state index contributed by atoms with van der Waals surface area (Å²) in [6.07, 6.45) is 15.6. The number of carbonyl (C=O) groups is 1. The molecule has 1 amide bonds. The van der Waals surface area contributed by atoms with Crippen LogP contribution in [0.4, 0.5) is 0 Å². The molecule has 2 bridgehead atoms. The van der Waals surface area contributed by atoms with Crippen LogP contribution in [0.25, 0.3) is 0 Å². The molecule has 3 aliphatic carbocycles. The second-order valence-electron chi connectivity index (χ2n) is 10.9. The average Bonchev–Trinajstić information content (AvgIpc) is 2.78. The summed E-state index contributed by atoms with van der Waals surface area (Å²) in [5.74, 6) is 1.62. The maximum absolute atomic E-state index is 12.7. The molecule has 3 heteroatoms. The second-order valence-corrected chi connectivity index (χ2v) is 10.9. The molecule has 3 N–H and O–H groups in total. The Kier molecular flexibility index (Phi) is 6.87. The predicted molar refractivity (Wildman–Crippen MR) is 124 cm³/mol. The fourth-order valence-corrected chi connectivity index (χ4v) is 7.27. The van der Waals surface area contributed by atoms with Gasteiger partial charge < -0.3 is 11.1 Å². The summed E-state index contributed by atoms with van der Waals surface area (Å²) in [5.41, 5.74) is 8.19. The van der Waals surface area contributed by atoms with Crippen LogP contribution in [-0.4, -0.2) is 18.5 Å². The van der Waals surface area contributed by atoms with E-state index in [1.54, 1.807) is 5.56 Å². The normalized spacial score (nSPS) is 36.3. The van der Waals surface area contributed by atoms with Crippen molar-refractivity contribution in [2.75, 3.05) is 6.54 Å². The third-order valence-corrected chi connectivity index (χ3v) is 8.94. The van der Waals surface area contributed by atoms with E-state index in [0.29, 0.717) is 35.1 Å². The molecular formula is C27H42N2O. The summed E-state index contributed by atoms with van der Waals surface area (Å²) in [7, 11) is 0. The van der Waals surface area contributed by atoms with Crippen LogP contribution in [0.1, 0.15) is 96.0 Å². The van der Waals surface area contributed by atoms with Gasteiger partial charge in [-0.05, 0) is 99.0 Å². The van der Waals surface area contributed by atoms with Gasteiger partial charge in [0.1, 0.15) is 0 Å². The van der Waals surface area contributed by atoms with E-state index in [2.05, 4.69) is 42.6 Å². The molecule has 3 atom stereocenters. The standard InChI is InChI=1S/C27H42N2O/c1-2-26-15-6-16-27(20-26,23-7-4-3-5-8-23)18-22(17-26)11-14-25(30)29-24-12-9-21(19-28)10-13-24/h3-5,7-8,21-22,24H,2,6,9-20,28H2,1H3,(H,29,30)/t21-,22?,24-,26?,27?. The zero-order chi connectivity index (χ0) is 21.0. The van der Waals surface area contributed by atoms with Gasteiger partial charge in [0.15, 0.2) is 0 Å². The first-order valence-electron chi connectivity index (χ1n) is 12.6. The lowest BCUT2D eigenvalue weighted by Crippen LogP contribution is -2.46. The maximum Gasteiger partial charge on any atom is 0.220 e. The summed E-state index contributed by atoms with van der Waals surface area (Å²) >= 11 is 0. The van der Waals surface area contributed by atoms with Gasteiger partial charge in [-0.25, -0.2) is 0 Å². The third-order valence-electron chi connectivity index (χ3n) is 8.94. The maximum atomic E-state index is 12.7. The molecule has 3 fully saturated rings. The van der Waals surface area contributed by atoms with Crippen molar-refractivity contribution in [3.8, 4) is 0 Å². The lowest BCUT2D eigenvalue weighted by Gasteiger charge is -2.55. The molecule has 1 aromatic rings. The monoisotopic (exact) mass is 410 g/mol. The van der Waals surface area contributed by atoms with Gasteiger partial charge >= 0.3 is 0 Å². The molecule has 0 aromatic heterocycles. The van der Waals surface area contributed by atoms with Gasteiger partial charge in [-0.15, -0.1) is 0 Å². The van der Waals surface area contributed by atoms with Gasteiger partial charge in [0.25, 0.3) is 0 Å². The Morgan fingerprint density at radius 1 is 1.07 bits per heavy atom. The fraction of sp³-hybridized carbons (Fsp3) is 0.741. The van der Waals surface area contributed by atoms with E-state index >= 15 is 0 Å². The lowest BCUT2D eigenvalue weighted by atomic mass is 9.49. The number of nitrogens with two attached hydrogens (primary N) is 1. The molecule has 0 heterocycles. The SMILES string of the molecule is CCC12CCCC(c3ccccc3)(CC(CCC(=O)N[C@H]3CC[C@H](CN)CC3)C1)C2. The number of hydrogen-bond donors (Lipinski definition) is 2. The molecule has 3 unspecified atom stereocenters. The number of nitrogens with one attached hydrogen (secondary N) is 1. The van der Waals surface area contributed by atoms with Crippen molar-refractivity contribution in [3.63, 3.8) is 0 Å². The number of fused-ring (bicyclic) bond motifs is 2. The number of carbonyl (C=O) groups excluding carboxylic acids is 1. The highest BCUT2D eigenvalue weighted by Gasteiger charge is 2.50. The molecule has 3 nitrogen and oxygen atoms in total. The zero-order valence-corrected chi connectivity index (χ0v) is 19.0. The van der Waals surface area contributed by atoms with E-state index in [0.717, 1.165) is 25.8 Å². The van der Waals surface area contributed by atoms with Crippen LogP contribution in [0, 0.1) is 17.3 Å². The third kappa shape index (κ3) is 4.77. The predicted octanol–water partition coefficient (Wildman–Crippen LogP) is 5.72. The molecule has 4 rings (SSSR count). The van der Waals surface area contributed by atoms with E-state index in [-0.39, 0.29) is 5.91 Å². The van der Waals surface area contributed by atoms with Crippen molar-refractivity contribution in [2.24, 2.45) is 23.0 Å². The van der Waals surface area contributed by atoms with E-state index in [1.165, 1.54) is 57.8 Å². The van der Waals surface area contributed by atoms with E-state index in [1.807, 2.05) is 0 Å². The summed E-state index contributed by atoms with van der Waals surface area (Å²) in [6.45, 7) is 3.19. The average molecular weight is 411 g/mol. The van der Waals surface area contributed by atoms with Crippen LogP contribution >= 0.6 is 0 Å². The molecule has 0 aliphatic heterocycles. The molecule has 0 spiro atoms. The summed E-state index contributed by atoms with van der Waals surface area (Å²) in [4.78, 5) is 12.7. The quantitative estimate of drug-likeness (QED) is 0.604.